The average molecular weight is 375 g/mol. The third-order valence-corrected chi connectivity index (χ3v) is 4.27. The molecule has 3 rings (SSSR count). The first-order valence-electron chi connectivity index (χ1n) is 7.71. The van der Waals surface area contributed by atoms with Crippen molar-refractivity contribution in [3.8, 4) is 0 Å². The molecule has 1 aromatic heterocycles. The van der Waals surface area contributed by atoms with E-state index in [-0.39, 0.29) is 22.8 Å². The normalized spacial score (nSPS) is 13.3. The van der Waals surface area contributed by atoms with Crippen LogP contribution < -0.4 is 5.32 Å². The van der Waals surface area contributed by atoms with E-state index in [2.05, 4.69) is 5.32 Å². The van der Waals surface area contributed by atoms with Gasteiger partial charge in [-0.25, -0.2) is 0 Å². The molecule has 134 valence electrons. The minimum absolute atomic E-state index is 0.0548. The van der Waals surface area contributed by atoms with Gasteiger partial charge in [-0.2, -0.15) is 0 Å². The predicted octanol–water partition coefficient (Wildman–Crippen LogP) is 3.63. The Balaban J connectivity index is 1.75. The Morgan fingerprint density at radius 3 is 2.73 bits per heavy atom. The van der Waals surface area contributed by atoms with E-state index in [0.29, 0.717) is 11.3 Å². The smallest absolute Gasteiger partial charge is 0.288 e. The van der Waals surface area contributed by atoms with E-state index >= 15 is 0 Å². The van der Waals surface area contributed by atoms with Crippen LogP contribution in [0.25, 0.3) is 11.0 Å². The molecule has 1 heterocycles. The number of amides is 1. The molecule has 0 spiro atoms. The van der Waals surface area contributed by atoms with Gasteiger partial charge in [0.25, 0.3) is 11.6 Å². The highest BCUT2D eigenvalue weighted by atomic mass is 35.5. The molecular formula is C18H15ClN2O5. The lowest BCUT2D eigenvalue weighted by molar-refractivity contribution is -0.384. The van der Waals surface area contributed by atoms with Gasteiger partial charge < -0.3 is 14.8 Å². The Labute approximate surface area is 153 Å². The number of carbonyl (C=O) groups excluding carboxylic acids is 1. The van der Waals surface area contributed by atoms with Gasteiger partial charge in [0.1, 0.15) is 22.0 Å². The molecule has 0 aliphatic rings. The van der Waals surface area contributed by atoms with E-state index in [9.17, 15) is 20.0 Å². The molecule has 26 heavy (non-hydrogen) atoms. The maximum absolute atomic E-state index is 12.3. The van der Waals surface area contributed by atoms with Gasteiger partial charge in [0.05, 0.1) is 11.5 Å². The maximum Gasteiger partial charge on any atom is 0.288 e. The molecule has 2 N–H and O–H groups in total. The zero-order valence-corrected chi connectivity index (χ0v) is 14.5. The van der Waals surface area contributed by atoms with E-state index < -0.39 is 16.4 Å². The molecule has 1 unspecified atom stereocenters. The number of benzene rings is 2. The van der Waals surface area contributed by atoms with Crippen LogP contribution in [-0.4, -0.2) is 22.5 Å². The fourth-order valence-corrected chi connectivity index (χ4v) is 2.67. The number of fused-ring (bicyclic) bond motifs is 1. The summed E-state index contributed by atoms with van der Waals surface area (Å²) in [5.41, 5.74) is -1.11. The second-order valence-electron chi connectivity index (χ2n) is 6.03. The molecule has 0 fully saturated rings. The number of furan rings is 1. The van der Waals surface area contributed by atoms with E-state index in [1.807, 2.05) is 18.2 Å². The van der Waals surface area contributed by atoms with Crippen molar-refractivity contribution in [1.29, 1.82) is 0 Å². The Morgan fingerprint density at radius 1 is 1.31 bits per heavy atom. The number of para-hydroxylation sites is 1. The number of nitro benzene ring substituents is 1. The van der Waals surface area contributed by atoms with E-state index in [4.69, 9.17) is 16.0 Å². The molecule has 0 saturated carbocycles. The zero-order valence-electron chi connectivity index (χ0n) is 13.7. The standard InChI is InChI=1S/C18H15ClN2O5/c1-18(23,16-9-11-4-2-3-5-15(11)26-16)10-20-17(22)12-6-7-13(19)14(8-12)21(24)25/h2-9,23H,10H2,1H3,(H,20,22). The summed E-state index contributed by atoms with van der Waals surface area (Å²) in [7, 11) is 0. The number of rotatable bonds is 5. The SMILES string of the molecule is CC(O)(CNC(=O)c1ccc(Cl)c([N+](=O)[O-])c1)c1cc2ccccc2o1. The number of halogens is 1. The highest BCUT2D eigenvalue weighted by Crippen LogP contribution is 2.28. The van der Waals surface area contributed by atoms with Crippen molar-refractivity contribution >= 4 is 34.2 Å². The van der Waals surface area contributed by atoms with Crippen LogP contribution in [0, 0.1) is 10.1 Å². The summed E-state index contributed by atoms with van der Waals surface area (Å²) in [5.74, 6) is -0.262. The highest BCUT2D eigenvalue weighted by Gasteiger charge is 2.28. The molecule has 0 radical (unpaired) electrons. The average Bonchev–Trinajstić information content (AvgIpc) is 3.05. The number of nitrogens with one attached hydrogen (secondary N) is 1. The Kier molecular flexibility index (Phi) is 4.67. The van der Waals surface area contributed by atoms with E-state index in [1.54, 1.807) is 12.1 Å². The number of nitrogens with zero attached hydrogens (tertiary/aromatic N) is 1. The van der Waals surface area contributed by atoms with E-state index in [1.165, 1.54) is 19.1 Å². The van der Waals surface area contributed by atoms with Crippen LogP contribution in [0.15, 0.2) is 52.9 Å². The molecule has 0 saturated heterocycles. The molecule has 1 atom stereocenters. The van der Waals surface area contributed by atoms with Crippen molar-refractivity contribution < 1.29 is 19.2 Å². The molecule has 0 aliphatic heterocycles. The Bertz CT molecular complexity index is 963. The van der Waals surface area contributed by atoms with Crippen molar-refractivity contribution in [1.82, 2.24) is 5.32 Å². The minimum Gasteiger partial charge on any atom is -0.458 e. The molecule has 2 aromatic carbocycles. The van der Waals surface area contributed by atoms with Crippen LogP contribution in [-0.2, 0) is 5.60 Å². The fourth-order valence-electron chi connectivity index (χ4n) is 2.48. The van der Waals surface area contributed by atoms with Gasteiger partial charge in [-0.15, -0.1) is 0 Å². The third-order valence-electron chi connectivity index (χ3n) is 3.95. The quantitative estimate of drug-likeness (QED) is 0.524. The van der Waals surface area contributed by atoms with Crippen LogP contribution in [0.5, 0.6) is 0 Å². The lowest BCUT2D eigenvalue weighted by Gasteiger charge is -2.21. The third kappa shape index (κ3) is 3.54. The molecule has 0 aliphatic carbocycles. The molecule has 3 aromatic rings. The van der Waals surface area contributed by atoms with Crippen LogP contribution in [0.2, 0.25) is 5.02 Å². The fraction of sp³-hybridized carbons (Fsp3) is 0.167. The summed E-state index contributed by atoms with van der Waals surface area (Å²) in [6, 6.07) is 12.8. The summed E-state index contributed by atoms with van der Waals surface area (Å²) in [4.78, 5) is 22.5. The number of hydrogen-bond acceptors (Lipinski definition) is 5. The van der Waals surface area contributed by atoms with Gasteiger partial charge in [0.2, 0.25) is 0 Å². The molecule has 0 bridgehead atoms. The summed E-state index contributed by atoms with van der Waals surface area (Å²) < 4.78 is 5.63. The van der Waals surface area contributed by atoms with Crippen LogP contribution in [0.4, 0.5) is 5.69 Å². The van der Waals surface area contributed by atoms with Crippen LogP contribution >= 0.6 is 11.6 Å². The largest absolute Gasteiger partial charge is 0.458 e. The maximum atomic E-state index is 12.3. The van der Waals surface area contributed by atoms with Crippen LogP contribution in [0.1, 0.15) is 23.0 Å². The van der Waals surface area contributed by atoms with Gasteiger partial charge in [-0.3, -0.25) is 14.9 Å². The van der Waals surface area contributed by atoms with Crippen molar-refractivity contribution in [2.75, 3.05) is 6.54 Å². The number of nitro groups is 1. The molecule has 1 amide bonds. The summed E-state index contributed by atoms with van der Waals surface area (Å²) in [5, 5.41) is 24.9. The first-order valence-corrected chi connectivity index (χ1v) is 8.09. The van der Waals surface area contributed by atoms with Gasteiger partial charge in [0, 0.05) is 17.0 Å². The molecular weight excluding hydrogens is 360 g/mol. The zero-order chi connectivity index (χ0) is 18.9. The first-order chi connectivity index (χ1) is 12.3. The Morgan fingerprint density at radius 2 is 2.04 bits per heavy atom. The predicted molar refractivity (Wildman–Crippen MR) is 96.2 cm³/mol. The van der Waals surface area contributed by atoms with Crippen molar-refractivity contribution in [2.45, 2.75) is 12.5 Å². The summed E-state index contributed by atoms with van der Waals surface area (Å²) in [6.07, 6.45) is 0. The molecule has 7 nitrogen and oxygen atoms in total. The van der Waals surface area contributed by atoms with Gasteiger partial charge in [0.15, 0.2) is 0 Å². The van der Waals surface area contributed by atoms with Crippen LogP contribution in [0.3, 0.4) is 0 Å². The molecule has 8 heteroatoms. The van der Waals surface area contributed by atoms with Gasteiger partial charge in [-0.1, -0.05) is 29.8 Å². The van der Waals surface area contributed by atoms with Crippen molar-refractivity contribution in [3.63, 3.8) is 0 Å². The lowest BCUT2D eigenvalue weighted by atomic mass is 10.0. The van der Waals surface area contributed by atoms with Crippen molar-refractivity contribution in [3.05, 3.63) is 75.0 Å². The summed E-state index contributed by atoms with van der Waals surface area (Å²) >= 11 is 5.74. The topological polar surface area (TPSA) is 106 Å². The monoisotopic (exact) mass is 374 g/mol. The number of carbonyl (C=O) groups is 1. The first kappa shape index (κ1) is 17.9. The van der Waals surface area contributed by atoms with E-state index in [0.717, 1.165) is 11.5 Å². The lowest BCUT2D eigenvalue weighted by Crippen LogP contribution is -2.38. The van der Waals surface area contributed by atoms with Gasteiger partial charge in [-0.05, 0) is 31.2 Å². The highest BCUT2D eigenvalue weighted by molar-refractivity contribution is 6.32. The summed E-state index contributed by atoms with van der Waals surface area (Å²) in [6.45, 7) is 1.37. The minimum atomic E-state index is -1.45. The number of aliphatic hydroxyl groups is 1. The second kappa shape index (κ2) is 6.78. The number of hydrogen-bond donors (Lipinski definition) is 2. The van der Waals surface area contributed by atoms with Crippen molar-refractivity contribution in [2.24, 2.45) is 0 Å². The van der Waals surface area contributed by atoms with Gasteiger partial charge >= 0.3 is 0 Å². The second-order valence-corrected chi connectivity index (χ2v) is 6.44. The Hall–Kier alpha value is -2.90.